The molecular weight excluding hydrogens is 214 g/mol. The lowest BCUT2D eigenvalue weighted by atomic mass is 10.0. The molecule has 0 amide bonds. The van der Waals surface area contributed by atoms with Gasteiger partial charge in [-0.15, -0.1) is 0 Å². The molecular formula is C14H21NO2. The third kappa shape index (κ3) is 3.53. The van der Waals surface area contributed by atoms with Crippen molar-refractivity contribution < 1.29 is 9.84 Å². The van der Waals surface area contributed by atoms with Gasteiger partial charge in [0.05, 0.1) is 19.3 Å². The summed E-state index contributed by atoms with van der Waals surface area (Å²) in [6.07, 6.45) is 2.55. The number of aliphatic hydroxyl groups excluding tert-OH is 1. The van der Waals surface area contributed by atoms with Crippen LogP contribution in [0.15, 0.2) is 30.3 Å². The summed E-state index contributed by atoms with van der Waals surface area (Å²) >= 11 is 0. The van der Waals surface area contributed by atoms with Crippen molar-refractivity contribution in [1.82, 2.24) is 5.32 Å². The van der Waals surface area contributed by atoms with E-state index in [1.54, 1.807) is 7.11 Å². The predicted octanol–water partition coefficient (Wildman–Crippen LogP) is 1.73. The second-order valence-electron chi connectivity index (χ2n) is 4.73. The lowest BCUT2D eigenvalue weighted by Crippen LogP contribution is -2.39. The van der Waals surface area contributed by atoms with E-state index < -0.39 is 0 Å². The number of hydrogen-bond donors (Lipinski definition) is 2. The van der Waals surface area contributed by atoms with Crippen LogP contribution in [0.25, 0.3) is 0 Å². The van der Waals surface area contributed by atoms with Crippen LogP contribution in [-0.4, -0.2) is 31.5 Å². The van der Waals surface area contributed by atoms with Gasteiger partial charge in [-0.2, -0.15) is 0 Å². The number of aliphatic hydroxyl groups is 1. The summed E-state index contributed by atoms with van der Waals surface area (Å²) in [5.41, 5.74) is 1.31. The van der Waals surface area contributed by atoms with Gasteiger partial charge in [-0.3, -0.25) is 0 Å². The summed E-state index contributed by atoms with van der Waals surface area (Å²) in [4.78, 5) is 0. The highest BCUT2D eigenvalue weighted by atomic mass is 16.5. The van der Waals surface area contributed by atoms with Crippen molar-refractivity contribution in [3.8, 4) is 0 Å². The van der Waals surface area contributed by atoms with Gasteiger partial charge in [0, 0.05) is 13.2 Å². The molecule has 0 bridgehead atoms. The van der Waals surface area contributed by atoms with Crippen LogP contribution in [0.2, 0.25) is 0 Å². The maximum Gasteiger partial charge on any atom is 0.0638 e. The molecule has 2 unspecified atom stereocenters. The minimum atomic E-state index is 0.0193. The average molecular weight is 235 g/mol. The van der Waals surface area contributed by atoms with Crippen LogP contribution in [0.3, 0.4) is 0 Å². The summed E-state index contributed by atoms with van der Waals surface area (Å²) in [6.45, 7) is 0.663. The van der Waals surface area contributed by atoms with Crippen LogP contribution in [0, 0.1) is 5.92 Å². The zero-order valence-corrected chi connectivity index (χ0v) is 10.3. The molecule has 2 atom stereocenters. The van der Waals surface area contributed by atoms with E-state index in [-0.39, 0.29) is 12.6 Å². The Labute approximate surface area is 103 Å². The van der Waals surface area contributed by atoms with E-state index in [0.29, 0.717) is 18.6 Å². The Balaban J connectivity index is 2.02. The van der Waals surface area contributed by atoms with Gasteiger partial charge < -0.3 is 15.2 Å². The Morgan fingerprint density at radius 1 is 1.35 bits per heavy atom. The van der Waals surface area contributed by atoms with Crippen molar-refractivity contribution in [1.29, 1.82) is 0 Å². The van der Waals surface area contributed by atoms with Crippen molar-refractivity contribution in [2.75, 3.05) is 20.3 Å². The highest BCUT2D eigenvalue weighted by Crippen LogP contribution is 2.41. The molecule has 0 saturated heterocycles. The van der Waals surface area contributed by atoms with E-state index in [2.05, 4.69) is 29.6 Å². The van der Waals surface area contributed by atoms with Crippen LogP contribution in [0.1, 0.15) is 24.4 Å². The molecule has 0 spiro atoms. The first-order valence-corrected chi connectivity index (χ1v) is 6.26. The molecule has 0 aromatic heterocycles. The standard InChI is InChI=1S/C14H21NO2/c1-17-10-13(9-16)15-14(12-7-8-12)11-5-3-2-4-6-11/h2-6,12-16H,7-10H2,1H3. The van der Waals surface area contributed by atoms with Crippen LogP contribution in [-0.2, 0) is 4.74 Å². The Morgan fingerprint density at radius 2 is 2.06 bits per heavy atom. The SMILES string of the molecule is COCC(CO)NC(c1ccccc1)C1CC1. The Bertz CT molecular complexity index is 324. The fourth-order valence-electron chi connectivity index (χ4n) is 2.20. The maximum absolute atomic E-state index is 9.31. The Morgan fingerprint density at radius 3 is 2.59 bits per heavy atom. The molecule has 1 saturated carbocycles. The zero-order chi connectivity index (χ0) is 12.1. The van der Waals surface area contributed by atoms with Crippen molar-refractivity contribution in [3.63, 3.8) is 0 Å². The number of rotatable bonds is 7. The lowest BCUT2D eigenvalue weighted by Gasteiger charge is -2.24. The topological polar surface area (TPSA) is 41.5 Å². The molecule has 0 heterocycles. The number of nitrogens with one attached hydrogen (secondary N) is 1. The van der Waals surface area contributed by atoms with E-state index in [9.17, 15) is 5.11 Å². The van der Waals surface area contributed by atoms with Gasteiger partial charge in [0.15, 0.2) is 0 Å². The fraction of sp³-hybridized carbons (Fsp3) is 0.571. The highest BCUT2D eigenvalue weighted by Gasteiger charge is 2.33. The number of hydrogen-bond acceptors (Lipinski definition) is 3. The Kier molecular flexibility index (Phi) is 4.54. The molecule has 0 aliphatic heterocycles. The molecule has 2 rings (SSSR count). The quantitative estimate of drug-likeness (QED) is 0.756. The molecule has 1 aromatic rings. The average Bonchev–Trinajstić information content (AvgIpc) is 3.20. The van der Waals surface area contributed by atoms with Gasteiger partial charge >= 0.3 is 0 Å². The molecule has 1 aliphatic rings. The van der Waals surface area contributed by atoms with Gasteiger partial charge in [0.1, 0.15) is 0 Å². The summed E-state index contributed by atoms with van der Waals surface area (Å²) in [5.74, 6) is 0.711. The Hall–Kier alpha value is -0.900. The van der Waals surface area contributed by atoms with Crippen molar-refractivity contribution in [2.45, 2.75) is 24.9 Å². The van der Waals surface area contributed by atoms with E-state index in [4.69, 9.17) is 4.74 Å². The second kappa shape index (κ2) is 6.15. The van der Waals surface area contributed by atoms with Crippen LogP contribution < -0.4 is 5.32 Å². The van der Waals surface area contributed by atoms with Gasteiger partial charge in [0.25, 0.3) is 0 Å². The summed E-state index contributed by atoms with van der Waals surface area (Å²) in [5, 5.41) is 12.8. The van der Waals surface area contributed by atoms with Crippen LogP contribution in [0.4, 0.5) is 0 Å². The molecule has 2 N–H and O–H groups in total. The minimum Gasteiger partial charge on any atom is -0.395 e. The van der Waals surface area contributed by atoms with Crippen molar-refractivity contribution in [3.05, 3.63) is 35.9 Å². The molecule has 17 heavy (non-hydrogen) atoms. The molecule has 94 valence electrons. The second-order valence-corrected chi connectivity index (χ2v) is 4.73. The monoisotopic (exact) mass is 235 g/mol. The summed E-state index contributed by atoms with van der Waals surface area (Å²) in [6, 6.07) is 10.8. The van der Waals surface area contributed by atoms with E-state index in [1.165, 1.54) is 18.4 Å². The van der Waals surface area contributed by atoms with Crippen LogP contribution >= 0.6 is 0 Å². The summed E-state index contributed by atoms with van der Waals surface area (Å²) < 4.78 is 5.11. The van der Waals surface area contributed by atoms with Gasteiger partial charge in [0.2, 0.25) is 0 Å². The molecule has 0 radical (unpaired) electrons. The zero-order valence-electron chi connectivity index (χ0n) is 10.3. The van der Waals surface area contributed by atoms with Gasteiger partial charge in [-0.1, -0.05) is 30.3 Å². The minimum absolute atomic E-state index is 0.0193. The van der Waals surface area contributed by atoms with E-state index in [0.717, 1.165) is 0 Å². The number of methoxy groups -OCH3 is 1. The first kappa shape index (κ1) is 12.6. The molecule has 1 aromatic carbocycles. The maximum atomic E-state index is 9.31. The van der Waals surface area contributed by atoms with Crippen molar-refractivity contribution >= 4 is 0 Å². The molecule has 1 fully saturated rings. The lowest BCUT2D eigenvalue weighted by molar-refractivity contribution is 0.120. The van der Waals surface area contributed by atoms with Gasteiger partial charge in [-0.05, 0) is 24.3 Å². The van der Waals surface area contributed by atoms with Crippen LogP contribution in [0.5, 0.6) is 0 Å². The number of benzene rings is 1. The predicted molar refractivity (Wildman–Crippen MR) is 67.8 cm³/mol. The first-order chi connectivity index (χ1) is 8.35. The fourth-order valence-corrected chi connectivity index (χ4v) is 2.20. The molecule has 1 aliphatic carbocycles. The smallest absolute Gasteiger partial charge is 0.0638 e. The normalized spacial score (nSPS) is 18.9. The highest BCUT2D eigenvalue weighted by molar-refractivity contribution is 5.21. The van der Waals surface area contributed by atoms with Crippen molar-refractivity contribution in [2.24, 2.45) is 5.92 Å². The third-order valence-corrected chi connectivity index (χ3v) is 3.26. The number of ether oxygens (including phenoxy) is 1. The van der Waals surface area contributed by atoms with Gasteiger partial charge in [-0.25, -0.2) is 0 Å². The third-order valence-electron chi connectivity index (χ3n) is 3.26. The largest absolute Gasteiger partial charge is 0.395 e. The first-order valence-electron chi connectivity index (χ1n) is 6.26. The molecule has 3 heteroatoms. The summed E-state index contributed by atoms with van der Waals surface area (Å²) in [7, 11) is 1.67. The van der Waals surface area contributed by atoms with E-state index in [1.807, 2.05) is 6.07 Å². The van der Waals surface area contributed by atoms with E-state index >= 15 is 0 Å². The molecule has 3 nitrogen and oxygen atoms in total.